The largest absolute Gasteiger partial charge is 0.497 e. The Hall–Kier alpha value is -2.33. The van der Waals surface area contributed by atoms with Gasteiger partial charge in [0.15, 0.2) is 0 Å². The van der Waals surface area contributed by atoms with E-state index in [2.05, 4.69) is 9.88 Å². The molecule has 2 aromatic carbocycles. The zero-order valence-electron chi connectivity index (χ0n) is 21.5. The van der Waals surface area contributed by atoms with Crippen LogP contribution in [0.25, 0.3) is 10.9 Å². The van der Waals surface area contributed by atoms with Gasteiger partial charge in [-0.3, -0.25) is 4.98 Å². The number of piperidine rings is 1. The van der Waals surface area contributed by atoms with Crippen LogP contribution in [0.15, 0.2) is 59.6 Å². The summed E-state index contributed by atoms with van der Waals surface area (Å²) in [6, 6.07) is 13.2. The van der Waals surface area contributed by atoms with Crippen LogP contribution >= 0.6 is 11.8 Å². The molecule has 0 saturated carbocycles. The number of fused-ring (bicyclic) bond motifs is 1. The normalized spacial score (nSPS) is 19.5. The average molecular weight is 549 g/mol. The molecule has 5 nitrogen and oxygen atoms in total. The molecule has 1 saturated heterocycles. The molecule has 1 aliphatic heterocycles. The Bertz CT molecular complexity index is 1190. The molecule has 0 amide bonds. The summed E-state index contributed by atoms with van der Waals surface area (Å²) in [7, 11) is 1.61. The molecule has 0 radical (unpaired) electrons. The van der Waals surface area contributed by atoms with Crippen LogP contribution in [0.3, 0.4) is 0 Å². The monoisotopic (exact) mass is 548 g/mol. The first kappa shape index (κ1) is 28.7. The summed E-state index contributed by atoms with van der Waals surface area (Å²) in [4.78, 5) is 6.96. The zero-order chi connectivity index (χ0) is 27.1. The molecule has 3 atom stereocenters. The third-order valence-electron chi connectivity index (χ3n) is 7.43. The standard InChI is InChI=1S/C29H35F3N2O3S/c1-37-22-8-9-26-24(17-22)23(11-13-33-26)27(36)10-7-20-12-15-34(18-21(20)19-35)14-4-16-38-28-6-3-2-5-25(28)29(30,31)32/h2-3,5-6,8-9,11,13,17,20-21,27,35-36H,4,7,10,12,14-16,18-19H2,1H3/t20-,21-,27?/m1/s1. The van der Waals surface area contributed by atoms with E-state index in [4.69, 9.17) is 4.74 Å². The topological polar surface area (TPSA) is 65.8 Å². The van der Waals surface area contributed by atoms with Crippen molar-refractivity contribution < 1.29 is 28.1 Å². The van der Waals surface area contributed by atoms with Crippen molar-refractivity contribution in [2.24, 2.45) is 11.8 Å². The molecule has 1 aromatic heterocycles. The van der Waals surface area contributed by atoms with E-state index < -0.39 is 17.8 Å². The van der Waals surface area contributed by atoms with Gasteiger partial charge >= 0.3 is 6.18 Å². The van der Waals surface area contributed by atoms with Crippen LogP contribution in [0.5, 0.6) is 5.75 Å². The van der Waals surface area contributed by atoms with Gasteiger partial charge < -0.3 is 19.8 Å². The number of methoxy groups -OCH3 is 1. The van der Waals surface area contributed by atoms with Crippen molar-refractivity contribution in [3.63, 3.8) is 0 Å². The van der Waals surface area contributed by atoms with Gasteiger partial charge in [0.1, 0.15) is 5.75 Å². The van der Waals surface area contributed by atoms with Crippen LogP contribution in [-0.4, -0.2) is 59.2 Å². The maximum atomic E-state index is 13.2. The van der Waals surface area contributed by atoms with Gasteiger partial charge in [0.05, 0.1) is 24.3 Å². The van der Waals surface area contributed by atoms with Crippen molar-refractivity contribution in [3.8, 4) is 5.75 Å². The van der Waals surface area contributed by atoms with E-state index in [-0.39, 0.29) is 17.4 Å². The number of halogens is 3. The number of aliphatic hydroxyl groups excluding tert-OH is 2. The van der Waals surface area contributed by atoms with Gasteiger partial charge in [0, 0.05) is 29.6 Å². The molecule has 2 N–H and O–H groups in total. The highest BCUT2D eigenvalue weighted by atomic mass is 32.2. The zero-order valence-corrected chi connectivity index (χ0v) is 22.3. The van der Waals surface area contributed by atoms with E-state index in [1.807, 2.05) is 24.3 Å². The Balaban J connectivity index is 1.26. The molecular weight excluding hydrogens is 513 g/mol. The van der Waals surface area contributed by atoms with E-state index in [0.29, 0.717) is 18.1 Å². The predicted molar refractivity (Wildman–Crippen MR) is 144 cm³/mol. The SMILES string of the molecule is COc1ccc2nccc(C(O)CC[C@@H]3CCN(CCCSc4ccccc4C(F)(F)F)C[C@@H]3CO)c2c1. The lowest BCUT2D eigenvalue weighted by Crippen LogP contribution is -2.42. The number of aromatic nitrogens is 1. The van der Waals surface area contributed by atoms with Gasteiger partial charge in [-0.1, -0.05) is 12.1 Å². The van der Waals surface area contributed by atoms with E-state index in [9.17, 15) is 23.4 Å². The smallest absolute Gasteiger partial charge is 0.417 e. The minimum Gasteiger partial charge on any atom is -0.497 e. The summed E-state index contributed by atoms with van der Waals surface area (Å²) in [6.07, 6.45) is -0.177. The number of ether oxygens (including phenoxy) is 1. The molecule has 1 unspecified atom stereocenters. The molecule has 0 bridgehead atoms. The predicted octanol–water partition coefficient (Wildman–Crippen LogP) is 6.19. The van der Waals surface area contributed by atoms with Crippen molar-refractivity contribution in [3.05, 3.63) is 65.9 Å². The van der Waals surface area contributed by atoms with Crippen LogP contribution < -0.4 is 4.74 Å². The fourth-order valence-corrected chi connectivity index (χ4v) is 6.34. The molecule has 1 aliphatic rings. The van der Waals surface area contributed by atoms with Gasteiger partial charge in [0.25, 0.3) is 0 Å². The minimum absolute atomic E-state index is 0.0837. The number of pyridine rings is 1. The minimum atomic E-state index is -4.34. The molecule has 1 fully saturated rings. The number of hydrogen-bond acceptors (Lipinski definition) is 6. The number of rotatable bonds is 11. The maximum Gasteiger partial charge on any atom is 0.417 e. The first-order chi connectivity index (χ1) is 18.3. The first-order valence-corrected chi connectivity index (χ1v) is 14.0. The van der Waals surface area contributed by atoms with Crippen molar-refractivity contribution in [2.45, 2.75) is 42.9 Å². The van der Waals surface area contributed by atoms with Crippen LogP contribution in [0, 0.1) is 11.8 Å². The van der Waals surface area contributed by atoms with Crippen LogP contribution in [0.2, 0.25) is 0 Å². The van der Waals surface area contributed by atoms with Gasteiger partial charge in [-0.2, -0.15) is 13.2 Å². The van der Waals surface area contributed by atoms with Crippen molar-refractivity contribution in [2.75, 3.05) is 39.1 Å². The highest BCUT2D eigenvalue weighted by Crippen LogP contribution is 2.37. The average Bonchev–Trinajstić information content (AvgIpc) is 2.93. The summed E-state index contributed by atoms with van der Waals surface area (Å²) < 4.78 is 45.0. The van der Waals surface area contributed by atoms with Crippen LogP contribution in [0.4, 0.5) is 13.2 Å². The Labute approximate surface area is 226 Å². The maximum absolute atomic E-state index is 13.2. The molecule has 0 spiro atoms. The third-order valence-corrected chi connectivity index (χ3v) is 8.59. The van der Waals surface area contributed by atoms with E-state index in [1.54, 1.807) is 19.4 Å². The number of hydrogen-bond donors (Lipinski definition) is 2. The van der Waals surface area contributed by atoms with Gasteiger partial charge in [-0.05, 0) is 98.3 Å². The molecular formula is C29H35F3N2O3S. The van der Waals surface area contributed by atoms with Crippen LogP contribution in [0.1, 0.15) is 42.9 Å². The molecule has 206 valence electrons. The fourth-order valence-electron chi connectivity index (χ4n) is 5.33. The van der Waals surface area contributed by atoms with Gasteiger partial charge in [-0.15, -0.1) is 11.8 Å². The second-order valence-corrected chi connectivity index (χ2v) is 11.0. The third kappa shape index (κ3) is 7.20. The second kappa shape index (κ2) is 13.2. The molecule has 0 aliphatic carbocycles. The molecule has 9 heteroatoms. The highest BCUT2D eigenvalue weighted by Gasteiger charge is 2.33. The van der Waals surface area contributed by atoms with Gasteiger partial charge in [0.2, 0.25) is 0 Å². The van der Waals surface area contributed by atoms with Crippen molar-refractivity contribution in [1.29, 1.82) is 0 Å². The number of thioether (sulfide) groups is 1. The highest BCUT2D eigenvalue weighted by molar-refractivity contribution is 7.99. The van der Waals surface area contributed by atoms with E-state index in [0.717, 1.165) is 67.2 Å². The summed E-state index contributed by atoms with van der Waals surface area (Å²) in [5.74, 6) is 1.74. The van der Waals surface area contributed by atoms with Crippen molar-refractivity contribution >= 4 is 22.7 Å². The summed E-state index contributed by atoms with van der Waals surface area (Å²) >= 11 is 1.25. The summed E-state index contributed by atoms with van der Waals surface area (Å²) in [6.45, 7) is 2.52. The lowest BCUT2D eigenvalue weighted by molar-refractivity contribution is -0.139. The summed E-state index contributed by atoms with van der Waals surface area (Å²) in [5.41, 5.74) is 1.06. The Morgan fingerprint density at radius 1 is 1.16 bits per heavy atom. The number of likely N-dealkylation sites (tertiary alicyclic amines) is 1. The lowest BCUT2D eigenvalue weighted by Gasteiger charge is -2.38. The summed E-state index contributed by atoms with van der Waals surface area (Å²) in [5, 5.41) is 22.0. The Morgan fingerprint density at radius 2 is 1.97 bits per heavy atom. The number of alkyl halides is 3. The molecule has 38 heavy (non-hydrogen) atoms. The molecule has 2 heterocycles. The van der Waals surface area contributed by atoms with Gasteiger partial charge in [-0.25, -0.2) is 0 Å². The Morgan fingerprint density at radius 3 is 2.74 bits per heavy atom. The molecule has 4 rings (SSSR count). The number of aliphatic hydroxyl groups is 2. The number of benzene rings is 2. The number of nitrogens with zero attached hydrogens (tertiary/aromatic N) is 2. The fraction of sp³-hybridized carbons (Fsp3) is 0.483. The second-order valence-electron chi connectivity index (χ2n) is 9.86. The van der Waals surface area contributed by atoms with Crippen molar-refractivity contribution in [1.82, 2.24) is 9.88 Å². The van der Waals surface area contributed by atoms with Crippen LogP contribution in [-0.2, 0) is 6.18 Å². The van der Waals surface area contributed by atoms with E-state index in [1.165, 1.54) is 23.9 Å². The van der Waals surface area contributed by atoms with E-state index >= 15 is 0 Å². The Kier molecular flexibility index (Phi) is 9.92. The molecule has 3 aromatic rings. The quantitative estimate of drug-likeness (QED) is 0.220. The first-order valence-electron chi connectivity index (χ1n) is 13.0. The lowest BCUT2D eigenvalue weighted by atomic mass is 9.81.